The molecule has 0 spiro atoms. The highest BCUT2D eigenvalue weighted by molar-refractivity contribution is 5.85. The minimum Gasteiger partial charge on any atom is -0.458 e. The van der Waals surface area contributed by atoms with E-state index in [1.165, 1.54) is 11.6 Å². The third-order valence-electron chi connectivity index (χ3n) is 15.4. The van der Waals surface area contributed by atoms with Gasteiger partial charge in [0.1, 0.15) is 6.61 Å². The summed E-state index contributed by atoms with van der Waals surface area (Å²) in [7, 11) is 0. The van der Waals surface area contributed by atoms with Gasteiger partial charge in [-0.05, 0) is 111 Å². The minimum atomic E-state index is -1.53. The second kappa shape index (κ2) is 15.7. The van der Waals surface area contributed by atoms with Gasteiger partial charge in [0.05, 0.1) is 29.1 Å². The lowest BCUT2D eigenvalue weighted by Crippen LogP contribution is -2.82. The van der Waals surface area contributed by atoms with Crippen LogP contribution >= 0.6 is 0 Å². The predicted octanol–water partition coefficient (Wildman–Crippen LogP) is 6.68. The van der Waals surface area contributed by atoms with Gasteiger partial charge in [0.15, 0.2) is 5.72 Å². The minimum absolute atomic E-state index is 0.154. The van der Waals surface area contributed by atoms with Crippen molar-refractivity contribution in [2.75, 3.05) is 6.61 Å². The summed E-state index contributed by atoms with van der Waals surface area (Å²) in [6, 6.07) is 10.7. The normalized spacial score (nSPS) is 39.6. The third-order valence-corrected chi connectivity index (χ3v) is 15.4. The second-order valence-electron chi connectivity index (χ2n) is 18.5. The van der Waals surface area contributed by atoms with Crippen molar-refractivity contribution in [2.24, 2.45) is 40.4 Å². The fraction of sp³-hybridized carbons (Fsp3) is 0.773. The van der Waals surface area contributed by atoms with Crippen molar-refractivity contribution >= 4 is 11.9 Å². The number of aliphatic hydroxyl groups excluding tert-OH is 2. The predicted molar refractivity (Wildman–Crippen MR) is 203 cm³/mol. The van der Waals surface area contributed by atoms with Crippen LogP contribution in [0.1, 0.15) is 135 Å². The number of hydrogen-bond donors (Lipinski definition) is 5. The standard InChI is InChI=1S/C44H66N2O7/c1-29(12-10-15-31-13-6-4-7-14-31)20-21-36(47)44-37(48)23-24-41(3)34-18-11-19-35(34)45-46-43(40(41)44,53-39(50)33-16-8-5-9-17-33)27-30(2)42(44,51)25-22-32-26-38(49)52-28-32/h4,6-7,13-14,26,29-30,33-37,40,45-48,51H,5,8-12,15-25,27-28H2,1-3H3. The van der Waals surface area contributed by atoms with Crippen molar-refractivity contribution in [3.05, 3.63) is 47.5 Å². The van der Waals surface area contributed by atoms with Crippen LogP contribution in [0.5, 0.6) is 0 Å². The molecule has 4 saturated carbocycles. The maximum Gasteiger partial charge on any atom is 0.331 e. The molecule has 6 aliphatic rings. The van der Waals surface area contributed by atoms with E-state index in [0.29, 0.717) is 38.0 Å². The fourth-order valence-electron chi connectivity index (χ4n) is 12.8. The molecule has 2 aliphatic heterocycles. The molecule has 5 N–H and O–H groups in total. The monoisotopic (exact) mass is 734 g/mol. The van der Waals surface area contributed by atoms with E-state index in [4.69, 9.17) is 9.47 Å². The molecule has 2 heterocycles. The summed E-state index contributed by atoms with van der Waals surface area (Å²) >= 11 is 0. The van der Waals surface area contributed by atoms with Gasteiger partial charge in [-0.1, -0.05) is 83.2 Å². The van der Waals surface area contributed by atoms with Crippen molar-refractivity contribution in [2.45, 2.75) is 166 Å². The summed E-state index contributed by atoms with van der Waals surface area (Å²) in [4.78, 5) is 26.4. The number of cyclic esters (lactones) is 1. The molecule has 1 saturated heterocycles. The Hall–Kier alpha value is -2.30. The molecule has 9 nitrogen and oxygen atoms in total. The zero-order chi connectivity index (χ0) is 37.4. The summed E-state index contributed by atoms with van der Waals surface area (Å²) < 4.78 is 12.2. The topological polar surface area (TPSA) is 137 Å². The van der Waals surface area contributed by atoms with E-state index in [1.54, 1.807) is 0 Å². The van der Waals surface area contributed by atoms with Crippen LogP contribution in [0.4, 0.5) is 0 Å². The molecule has 1 aromatic carbocycles. The van der Waals surface area contributed by atoms with E-state index in [9.17, 15) is 24.9 Å². The van der Waals surface area contributed by atoms with Gasteiger partial charge < -0.3 is 24.8 Å². The number of esters is 2. The number of rotatable bonds is 13. The SMILES string of the molecule is CC(CCCc1ccccc1)CCC(O)C12C(O)CCC3(C)C4CCCC4NNC(OC(=O)C4CCCCC4)(CC(C)C1(O)CCC1=CC(=O)OC1)C32. The lowest BCUT2D eigenvalue weighted by Gasteiger charge is -2.71. The number of benzene rings is 1. The van der Waals surface area contributed by atoms with Crippen LogP contribution in [-0.2, 0) is 25.5 Å². The molecule has 0 bridgehead atoms. The molecule has 11 atom stereocenters. The van der Waals surface area contributed by atoms with Crippen LogP contribution < -0.4 is 10.9 Å². The lowest BCUT2D eigenvalue weighted by atomic mass is 9.36. The molecule has 7 rings (SSSR count). The number of carbonyl (C=O) groups excluding carboxylic acids is 2. The Morgan fingerprint density at radius 2 is 1.79 bits per heavy atom. The zero-order valence-electron chi connectivity index (χ0n) is 32.5. The second-order valence-corrected chi connectivity index (χ2v) is 18.5. The van der Waals surface area contributed by atoms with Gasteiger partial charge in [-0.25, -0.2) is 10.2 Å². The van der Waals surface area contributed by atoms with E-state index < -0.39 is 46.2 Å². The first-order valence-corrected chi connectivity index (χ1v) is 21.2. The maximum absolute atomic E-state index is 14.3. The van der Waals surface area contributed by atoms with Gasteiger partial charge in [0.2, 0.25) is 0 Å². The van der Waals surface area contributed by atoms with Crippen LogP contribution in [0.3, 0.4) is 0 Å². The molecular weight excluding hydrogens is 668 g/mol. The molecule has 53 heavy (non-hydrogen) atoms. The number of fused-ring (bicyclic) bond motifs is 2. The summed E-state index contributed by atoms with van der Waals surface area (Å²) in [5.74, 6) is -1.23. The average molecular weight is 735 g/mol. The fourth-order valence-corrected chi connectivity index (χ4v) is 12.8. The van der Waals surface area contributed by atoms with E-state index in [0.717, 1.165) is 82.6 Å². The van der Waals surface area contributed by atoms with E-state index in [-0.39, 0.29) is 42.8 Å². The number of carbonyl (C=O) groups is 2. The number of hydrazine groups is 1. The Balaban J connectivity index is 1.28. The van der Waals surface area contributed by atoms with Gasteiger partial charge in [-0.15, -0.1) is 0 Å². The molecule has 5 fully saturated rings. The Morgan fingerprint density at radius 1 is 1.02 bits per heavy atom. The molecule has 4 aliphatic carbocycles. The lowest BCUT2D eigenvalue weighted by molar-refractivity contribution is -0.351. The van der Waals surface area contributed by atoms with Crippen molar-refractivity contribution in [3.8, 4) is 0 Å². The summed E-state index contributed by atoms with van der Waals surface area (Å²) in [6.07, 6.45) is 13.7. The van der Waals surface area contributed by atoms with Crippen LogP contribution in [-0.4, -0.2) is 63.4 Å². The molecular formula is C44H66N2O7. The van der Waals surface area contributed by atoms with Gasteiger partial charge in [-0.3, -0.25) is 10.2 Å². The first-order chi connectivity index (χ1) is 25.4. The molecule has 1 aromatic rings. The average Bonchev–Trinajstić information content (AvgIpc) is 3.80. The number of hydrogen-bond acceptors (Lipinski definition) is 9. The van der Waals surface area contributed by atoms with Crippen LogP contribution in [0.15, 0.2) is 42.0 Å². The highest BCUT2D eigenvalue weighted by atomic mass is 16.6. The molecule has 9 heteroatoms. The largest absolute Gasteiger partial charge is 0.458 e. The first kappa shape index (κ1) is 39.0. The molecule has 11 unspecified atom stereocenters. The highest BCUT2D eigenvalue weighted by Gasteiger charge is 2.79. The van der Waals surface area contributed by atoms with E-state index >= 15 is 0 Å². The Bertz CT molecular complexity index is 1480. The maximum atomic E-state index is 14.3. The van der Waals surface area contributed by atoms with Crippen LogP contribution in [0.2, 0.25) is 0 Å². The van der Waals surface area contributed by atoms with Crippen LogP contribution in [0, 0.1) is 40.4 Å². The van der Waals surface area contributed by atoms with Gasteiger partial charge in [-0.2, -0.15) is 0 Å². The van der Waals surface area contributed by atoms with Crippen molar-refractivity contribution in [1.82, 2.24) is 10.9 Å². The molecule has 0 aromatic heterocycles. The molecule has 0 amide bonds. The Morgan fingerprint density at radius 3 is 2.53 bits per heavy atom. The van der Waals surface area contributed by atoms with Crippen LogP contribution in [0.25, 0.3) is 0 Å². The summed E-state index contributed by atoms with van der Waals surface area (Å²) in [5.41, 5.74) is 4.86. The van der Waals surface area contributed by atoms with Gasteiger partial charge in [0, 0.05) is 24.5 Å². The first-order valence-electron chi connectivity index (χ1n) is 21.2. The number of aliphatic hydroxyl groups is 3. The van der Waals surface area contributed by atoms with E-state index in [1.807, 2.05) is 13.0 Å². The Labute approximate surface area is 317 Å². The highest BCUT2D eigenvalue weighted by Crippen LogP contribution is 2.72. The number of nitrogens with one attached hydrogen (secondary N) is 2. The third kappa shape index (κ3) is 7.04. The molecule has 0 radical (unpaired) electrons. The number of aryl methyl sites for hydroxylation is 1. The Kier molecular flexibility index (Phi) is 11.5. The van der Waals surface area contributed by atoms with Crippen molar-refractivity contribution in [3.63, 3.8) is 0 Å². The smallest absolute Gasteiger partial charge is 0.331 e. The zero-order valence-corrected chi connectivity index (χ0v) is 32.5. The number of ether oxygens (including phenoxy) is 2. The van der Waals surface area contributed by atoms with Crippen molar-refractivity contribution in [1.29, 1.82) is 0 Å². The molecule has 294 valence electrons. The summed E-state index contributed by atoms with van der Waals surface area (Å²) in [6.45, 7) is 6.75. The quantitative estimate of drug-likeness (QED) is 0.141. The van der Waals surface area contributed by atoms with Gasteiger partial charge in [0.25, 0.3) is 0 Å². The van der Waals surface area contributed by atoms with E-state index in [2.05, 4.69) is 49.0 Å². The van der Waals surface area contributed by atoms with Gasteiger partial charge >= 0.3 is 11.9 Å². The van der Waals surface area contributed by atoms with Crippen molar-refractivity contribution < 1.29 is 34.4 Å². The summed E-state index contributed by atoms with van der Waals surface area (Å²) in [5, 5.41) is 39.4.